The van der Waals surface area contributed by atoms with Crippen LogP contribution in [0.25, 0.3) is 10.9 Å². The molecule has 2 aromatic carbocycles. The van der Waals surface area contributed by atoms with E-state index in [1.54, 1.807) is 13.0 Å². The smallest absolute Gasteiger partial charge is 0.268 e. The Morgan fingerprint density at radius 1 is 1.17 bits per heavy atom. The predicted molar refractivity (Wildman–Crippen MR) is 91.3 cm³/mol. The Bertz CT molecular complexity index is 871. The molecule has 4 nitrogen and oxygen atoms in total. The molecule has 2 atom stereocenters. The third kappa shape index (κ3) is 3.31. The highest BCUT2D eigenvalue weighted by atomic mass is 19.1. The van der Waals surface area contributed by atoms with Crippen molar-refractivity contribution in [2.24, 2.45) is 0 Å². The zero-order chi connectivity index (χ0) is 17.3. The van der Waals surface area contributed by atoms with Gasteiger partial charge in [-0.3, -0.25) is 4.79 Å². The van der Waals surface area contributed by atoms with Crippen molar-refractivity contribution in [3.63, 3.8) is 0 Å². The van der Waals surface area contributed by atoms with Crippen molar-refractivity contribution in [1.82, 2.24) is 10.3 Å². The normalized spacial score (nSPS) is 13.7. The van der Waals surface area contributed by atoms with Crippen LogP contribution < -0.4 is 5.32 Å². The highest BCUT2D eigenvalue weighted by molar-refractivity contribution is 5.98. The number of halogens is 1. The Kier molecular flexibility index (Phi) is 4.36. The molecule has 0 aliphatic heterocycles. The van der Waals surface area contributed by atoms with E-state index in [0.29, 0.717) is 11.3 Å². The Morgan fingerprint density at radius 2 is 1.88 bits per heavy atom. The number of aromatic amines is 1. The fraction of sp³-hybridized carbons (Fsp3) is 0.211. The second kappa shape index (κ2) is 6.45. The number of hydrogen-bond donors (Lipinski definition) is 3. The van der Waals surface area contributed by atoms with Crippen LogP contribution in [0.1, 0.15) is 34.6 Å². The molecule has 0 spiro atoms. The van der Waals surface area contributed by atoms with Gasteiger partial charge in [-0.1, -0.05) is 24.3 Å². The summed E-state index contributed by atoms with van der Waals surface area (Å²) < 4.78 is 13.0. The summed E-state index contributed by atoms with van der Waals surface area (Å²) >= 11 is 0. The molecule has 3 N–H and O–H groups in total. The van der Waals surface area contributed by atoms with Gasteiger partial charge >= 0.3 is 0 Å². The van der Waals surface area contributed by atoms with Crippen molar-refractivity contribution in [1.29, 1.82) is 0 Å². The van der Waals surface area contributed by atoms with Gasteiger partial charge in [0.25, 0.3) is 5.91 Å². The lowest BCUT2D eigenvalue weighted by molar-refractivity contribution is 0.0848. The first-order valence-electron chi connectivity index (χ1n) is 7.78. The first-order valence-corrected chi connectivity index (χ1v) is 7.78. The fourth-order valence-corrected chi connectivity index (χ4v) is 2.68. The van der Waals surface area contributed by atoms with Crippen LogP contribution in [0.15, 0.2) is 48.5 Å². The van der Waals surface area contributed by atoms with Gasteiger partial charge in [-0.25, -0.2) is 4.39 Å². The van der Waals surface area contributed by atoms with Gasteiger partial charge in [0.05, 0.1) is 12.1 Å². The van der Waals surface area contributed by atoms with Crippen LogP contribution in [0.3, 0.4) is 0 Å². The van der Waals surface area contributed by atoms with Gasteiger partial charge in [0.1, 0.15) is 11.5 Å². The number of rotatable bonds is 4. The Hall–Kier alpha value is -2.66. The summed E-state index contributed by atoms with van der Waals surface area (Å²) in [7, 11) is 0. The highest BCUT2D eigenvalue weighted by Gasteiger charge is 2.20. The SMILES string of the molecule is Cc1ccc2cc(C(=O)NC(C)C(O)c3ccc(F)cc3)[nH]c2c1. The largest absolute Gasteiger partial charge is 0.386 e. The summed E-state index contributed by atoms with van der Waals surface area (Å²) in [5.41, 5.74) is 2.99. The van der Waals surface area contributed by atoms with Gasteiger partial charge < -0.3 is 15.4 Å². The van der Waals surface area contributed by atoms with E-state index in [1.165, 1.54) is 24.3 Å². The number of aromatic nitrogens is 1. The van der Waals surface area contributed by atoms with Crippen molar-refractivity contribution >= 4 is 16.8 Å². The second-order valence-electron chi connectivity index (χ2n) is 6.03. The number of amides is 1. The molecular weight excluding hydrogens is 307 g/mol. The summed E-state index contributed by atoms with van der Waals surface area (Å²) in [4.78, 5) is 15.5. The lowest BCUT2D eigenvalue weighted by Crippen LogP contribution is -2.37. The zero-order valence-electron chi connectivity index (χ0n) is 13.5. The van der Waals surface area contributed by atoms with Crippen LogP contribution in [-0.2, 0) is 0 Å². The summed E-state index contributed by atoms with van der Waals surface area (Å²) in [6.45, 7) is 3.69. The van der Waals surface area contributed by atoms with E-state index >= 15 is 0 Å². The van der Waals surface area contributed by atoms with Crippen LogP contribution in [0.2, 0.25) is 0 Å². The van der Waals surface area contributed by atoms with Crippen molar-refractivity contribution in [2.45, 2.75) is 26.0 Å². The molecule has 5 heteroatoms. The Labute approximate surface area is 139 Å². The molecule has 0 saturated carbocycles. The van der Waals surface area contributed by atoms with E-state index in [2.05, 4.69) is 10.3 Å². The lowest BCUT2D eigenvalue weighted by atomic mass is 10.0. The van der Waals surface area contributed by atoms with Crippen LogP contribution >= 0.6 is 0 Å². The number of aliphatic hydroxyl groups is 1. The van der Waals surface area contributed by atoms with Crippen LogP contribution in [0, 0.1) is 12.7 Å². The van der Waals surface area contributed by atoms with Gasteiger partial charge in [0.2, 0.25) is 0 Å². The maximum absolute atomic E-state index is 13.0. The molecule has 1 aromatic heterocycles. The number of aryl methyl sites for hydroxylation is 1. The fourth-order valence-electron chi connectivity index (χ4n) is 2.68. The first-order chi connectivity index (χ1) is 11.4. The topological polar surface area (TPSA) is 65.1 Å². The monoisotopic (exact) mass is 326 g/mol. The molecular formula is C19H19FN2O2. The summed E-state index contributed by atoms with van der Waals surface area (Å²) in [5, 5.41) is 14.0. The van der Waals surface area contributed by atoms with E-state index in [-0.39, 0.29) is 11.7 Å². The number of carbonyl (C=O) groups excluding carboxylic acids is 1. The zero-order valence-corrected chi connectivity index (χ0v) is 13.5. The van der Waals surface area contributed by atoms with E-state index in [1.807, 2.05) is 25.1 Å². The average Bonchev–Trinajstić information content (AvgIpc) is 2.98. The molecule has 0 aliphatic rings. The van der Waals surface area contributed by atoms with Crippen LogP contribution in [0.4, 0.5) is 4.39 Å². The third-order valence-electron chi connectivity index (χ3n) is 4.07. The molecule has 0 aliphatic carbocycles. The quantitative estimate of drug-likeness (QED) is 0.687. The predicted octanol–water partition coefficient (Wildman–Crippen LogP) is 3.47. The highest BCUT2D eigenvalue weighted by Crippen LogP contribution is 2.19. The standard InChI is InChI=1S/C19H19FN2O2/c1-11-3-4-14-10-17(22-16(14)9-11)19(24)21-12(2)18(23)13-5-7-15(20)8-6-13/h3-10,12,18,22-23H,1-2H3,(H,21,24). The van der Waals surface area contributed by atoms with Gasteiger partial charge in [-0.15, -0.1) is 0 Å². The minimum Gasteiger partial charge on any atom is -0.386 e. The molecule has 0 radical (unpaired) electrons. The number of aliphatic hydroxyl groups excluding tert-OH is 1. The maximum atomic E-state index is 13.0. The van der Waals surface area contributed by atoms with Crippen LogP contribution in [-0.4, -0.2) is 22.0 Å². The molecule has 1 heterocycles. The van der Waals surface area contributed by atoms with Gasteiger partial charge in [-0.05, 0) is 49.2 Å². The third-order valence-corrected chi connectivity index (χ3v) is 4.07. The molecule has 124 valence electrons. The first kappa shape index (κ1) is 16.2. The molecule has 0 bridgehead atoms. The van der Waals surface area contributed by atoms with Crippen molar-refractivity contribution in [3.05, 3.63) is 71.2 Å². The minimum atomic E-state index is -0.916. The molecule has 0 saturated heterocycles. The summed E-state index contributed by atoms with van der Waals surface area (Å²) in [5.74, 6) is -0.659. The van der Waals surface area contributed by atoms with Crippen LogP contribution in [0.5, 0.6) is 0 Å². The summed E-state index contributed by atoms with van der Waals surface area (Å²) in [6, 6.07) is 12.8. The van der Waals surface area contributed by atoms with E-state index < -0.39 is 12.1 Å². The average molecular weight is 326 g/mol. The number of carbonyl (C=O) groups is 1. The maximum Gasteiger partial charge on any atom is 0.268 e. The van der Waals surface area contributed by atoms with E-state index in [4.69, 9.17) is 0 Å². The van der Waals surface area contributed by atoms with Gasteiger partial charge in [0.15, 0.2) is 0 Å². The molecule has 1 amide bonds. The lowest BCUT2D eigenvalue weighted by Gasteiger charge is -2.20. The van der Waals surface area contributed by atoms with Gasteiger partial charge in [-0.2, -0.15) is 0 Å². The number of H-pyrrole nitrogens is 1. The molecule has 2 unspecified atom stereocenters. The van der Waals surface area contributed by atoms with Gasteiger partial charge in [0, 0.05) is 10.9 Å². The molecule has 3 aromatic rings. The van der Waals surface area contributed by atoms with Crippen molar-refractivity contribution in [3.8, 4) is 0 Å². The number of hydrogen-bond acceptors (Lipinski definition) is 2. The van der Waals surface area contributed by atoms with E-state index in [0.717, 1.165) is 16.5 Å². The Morgan fingerprint density at radius 3 is 2.58 bits per heavy atom. The summed E-state index contributed by atoms with van der Waals surface area (Å²) in [6.07, 6.45) is -0.916. The molecule has 24 heavy (non-hydrogen) atoms. The van der Waals surface area contributed by atoms with Crippen molar-refractivity contribution in [2.75, 3.05) is 0 Å². The number of nitrogens with one attached hydrogen (secondary N) is 2. The second-order valence-corrected chi connectivity index (χ2v) is 6.03. The number of fused-ring (bicyclic) bond motifs is 1. The van der Waals surface area contributed by atoms with Crippen molar-refractivity contribution < 1.29 is 14.3 Å². The molecule has 3 rings (SSSR count). The number of benzene rings is 2. The Balaban J connectivity index is 1.73. The van der Waals surface area contributed by atoms with E-state index in [9.17, 15) is 14.3 Å². The minimum absolute atomic E-state index is 0.294. The molecule has 0 fully saturated rings.